The van der Waals surface area contributed by atoms with E-state index in [0.29, 0.717) is 5.25 Å². The molecule has 2 atom stereocenters. The number of methoxy groups -OCH3 is 1. The normalized spacial score (nSPS) is 22.1. The third-order valence-corrected chi connectivity index (χ3v) is 6.59. The second-order valence-corrected chi connectivity index (χ2v) is 8.89. The fraction of sp³-hybridized carbons (Fsp3) is 0.455. The Bertz CT molecular complexity index is 373. The van der Waals surface area contributed by atoms with E-state index in [2.05, 4.69) is 16.4 Å². The van der Waals surface area contributed by atoms with E-state index >= 15 is 0 Å². The van der Waals surface area contributed by atoms with E-state index in [0.717, 1.165) is 18.8 Å². The van der Waals surface area contributed by atoms with Crippen LogP contribution in [0.15, 0.2) is 24.3 Å². The average molecular weight is 305 g/mol. The smallest absolute Gasteiger partial charge is 0.118 e. The SMILES string of the molecule is COc1ccc(C2CN(S[PH2]=S)CCS2)cc1. The Hall–Kier alpha value is 0.330. The highest BCUT2D eigenvalue weighted by molar-refractivity contribution is 8.56. The molecule has 1 aliphatic rings. The molecule has 1 saturated heterocycles. The van der Waals surface area contributed by atoms with E-state index in [1.807, 2.05) is 35.5 Å². The lowest BCUT2D eigenvalue weighted by Gasteiger charge is -2.30. The molecule has 0 saturated carbocycles. The number of ether oxygens (including phenoxy) is 1. The average Bonchev–Trinajstić information content (AvgIpc) is 2.40. The highest BCUT2D eigenvalue weighted by Crippen LogP contribution is 2.38. The summed E-state index contributed by atoms with van der Waals surface area (Å²) in [5.74, 6) is 2.12. The summed E-state index contributed by atoms with van der Waals surface area (Å²) in [5, 5.41) is 0.572. The summed E-state index contributed by atoms with van der Waals surface area (Å²) in [6, 6.07) is 8.43. The largest absolute Gasteiger partial charge is 0.497 e. The van der Waals surface area contributed by atoms with Gasteiger partial charge in [-0.05, 0) is 35.8 Å². The summed E-state index contributed by atoms with van der Waals surface area (Å²) in [6.07, 6.45) is 0. The van der Waals surface area contributed by atoms with Crippen LogP contribution < -0.4 is 4.74 Å². The molecule has 2 rings (SSSR count). The third-order valence-electron chi connectivity index (χ3n) is 2.71. The number of hydrogen-bond acceptors (Lipinski definition) is 5. The molecule has 2 unspecified atom stereocenters. The molecule has 0 aliphatic carbocycles. The predicted molar refractivity (Wildman–Crippen MR) is 84.4 cm³/mol. The van der Waals surface area contributed by atoms with Crippen LogP contribution in [0, 0.1) is 0 Å². The van der Waals surface area contributed by atoms with Gasteiger partial charge in [0.05, 0.1) is 7.11 Å². The molecule has 1 aromatic carbocycles. The summed E-state index contributed by atoms with van der Waals surface area (Å²) in [5.41, 5.74) is 1.39. The van der Waals surface area contributed by atoms with Gasteiger partial charge in [0.2, 0.25) is 0 Å². The van der Waals surface area contributed by atoms with Crippen molar-refractivity contribution in [1.82, 2.24) is 4.31 Å². The number of hydrogen-bond donors (Lipinski definition) is 0. The molecule has 1 aliphatic heterocycles. The summed E-state index contributed by atoms with van der Waals surface area (Å²) in [4.78, 5) is 0. The second kappa shape index (κ2) is 7.05. The quantitative estimate of drug-likeness (QED) is 0.623. The Morgan fingerprint density at radius 1 is 1.47 bits per heavy atom. The van der Waals surface area contributed by atoms with Crippen molar-refractivity contribution in [2.75, 3.05) is 26.0 Å². The van der Waals surface area contributed by atoms with Crippen LogP contribution in [0.4, 0.5) is 0 Å². The summed E-state index contributed by atoms with van der Waals surface area (Å²) >= 11 is 8.99. The molecule has 0 radical (unpaired) electrons. The summed E-state index contributed by atoms with van der Waals surface area (Å²) < 4.78 is 7.61. The minimum absolute atomic E-state index is 0.0919. The van der Waals surface area contributed by atoms with Crippen LogP contribution in [0.1, 0.15) is 10.8 Å². The van der Waals surface area contributed by atoms with E-state index in [1.165, 1.54) is 11.3 Å². The molecule has 0 bridgehead atoms. The van der Waals surface area contributed by atoms with Crippen molar-refractivity contribution in [3.63, 3.8) is 0 Å². The van der Waals surface area contributed by atoms with E-state index in [1.54, 1.807) is 7.11 Å². The van der Waals surface area contributed by atoms with Gasteiger partial charge in [-0.2, -0.15) is 11.8 Å². The van der Waals surface area contributed by atoms with Crippen molar-refractivity contribution >= 4 is 41.7 Å². The first-order valence-corrected chi connectivity index (χ1v) is 10.6. The van der Waals surface area contributed by atoms with Gasteiger partial charge >= 0.3 is 0 Å². The van der Waals surface area contributed by atoms with E-state index in [9.17, 15) is 0 Å². The summed E-state index contributed by atoms with van der Waals surface area (Å²) in [6.45, 7) is 2.35. The molecule has 94 valence electrons. The fourth-order valence-electron chi connectivity index (χ4n) is 1.80. The van der Waals surface area contributed by atoms with Gasteiger partial charge in [0.15, 0.2) is 0 Å². The van der Waals surface area contributed by atoms with E-state index < -0.39 is 0 Å². The van der Waals surface area contributed by atoms with Crippen LogP contribution in [0.5, 0.6) is 5.75 Å². The van der Waals surface area contributed by atoms with Gasteiger partial charge in [0.25, 0.3) is 0 Å². The molecule has 1 fully saturated rings. The van der Waals surface area contributed by atoms with Crippen LogP contribution in [-0.2, 0) is 11.8 Å². The Labute approximate surface area is 117 Å². The number of benzene rings is 1. The lowest BCUT2D eigenvalue weighted by atomic mass is 10.1. The molecule has 0 amide bonds. The maximum atomic E-state index is 5.18. The zero-order valence-electron chi connectivity index (χ0n) is 9.67. The van der Waals surface area contributed by atoms with Crippen molar-refractivity contribution in [3.05, 3.63) is 29.8 Å². The van der Waals surface area contributed by atoms with Gasteiger partial charge in [-0.15, -0.1) is 0 Å². The van der Waals surface area contributed by atoms with Crippen molar-refractivity contribution in [2.45, 2.75) is 5.25 Å². The molecule has 17 heavy (non-hydrogen) atoms. The highest BCUT2D eigenvalue weighted by Gasteiger charge is 2.21. The predicted octanol–water partition coefficient (Wildman–Crippen LogP) is 3.22. The lowest BCUT2D eigenvalue weighted by Crippen LogP contribution is -2.27. The highest BCUT2D eigenvalue weighted by atomic mass is 32.9. The van der Waals surface area contributed by atoms with Crippen molar-refractivity contribution < 1.29 is 4.74 Å². The molecule has 6 heteroatoms. The molecule has 0 aromatic heterocycles. The first-order valence-electron chi connectivity index (χ1n) is 5.44. The van der Waals surface area contributed by atoms with Gasteiger partial charge in [0.1, 0.15) is 5.75 Å². The lowest BCUT2D eigenvalue weighted by molar-refractivity contribution is 0.414. The maximum Gasteiger partial charge on any atom is 0.118 e. The van der Waals surface area contributed by atoms with E-state index in [4.69, 9.17) is 16.5 Å². The van der Waals surface area contributed by atoms with Gasteiger partial charge in [-0.3, -0.25) is 0 Å². The van der Waals surface area contributed by atoms with Gasteiger partial charge in [-0.25, -0.2) is 4.31 Å². The topological polar surface area (TPSA) is 12.5 Å². The molecule has 0 N–H and O–H groups in total. The second-order valence-electron chi connectivity index (χ2n) is 3.72. The Morgan fingerprint density at radius 3 is 2.88 bits per heavy atom. The van der Waals surface area contributed by atoms with Crippen LogP contribution in [0.2, 0.25) is 0 Å². The first-order chi connectivity index (χ1) is 8.33. The number of nitrogens with zero attached hydrogens (tertiary/aromatic N) is 1. The zero-order valence-corrected chi connectivity index (χ0v) is 13.3. The molecular formula is C11H16NOPS3. The van der Waals surface area contributed by atoms with Crippen LogP contribution in [0.25, 0.3) is 0 Å². The molecule has 2 nitrogen and oxygen atoms in total. The van der Waals surface area contributed by atoms with Crippen molar-refractivity contribution in [2.24, 2.45) is 0 Å². The Balaban J connectivity index is 2.02. The van der Waals surface area contributed by atoms with Crippen LogP contribution in [-0.4, -0.2) is 30.3 Å². The fourth-order valence-corrected chi connectivity index (χ4v) is 5.85. The minimum atomic E-state index is 0.0919. The Morgan fingerprint density at radius 2 is 2.24 bits per heavy atom. The first kappa shape index (κ1) is 13.8. The Kier molecular flexibility index (Phi) is 5.70. The molecule has 0 spiro atoms. The minimum Gasteiger partial charge on any atom is -0.497 e. The summed E-state index contributed by atoms with van der Waals surface area (Å²) in [7, 11) is 1.70. The van der Waals surface area contributed by atoms with Crippen LogP contribution >= 0.6 is 29.9 Å². The van der Waals surface area contributed by atoms with Gasteiger partial charge < -0.3 is 4.74 Å². The zero-order chi connectivity index (χ0) is 12.1. The maximum absolute atomic E-state index is 5.18. The van der Waals surface area contributed by atoms with Crippen molar-refractivity contribution in [3.8, 4) is 5.75 Å². The standard InChI is InChI=1S/C11H16NOPS3/c1-13-10-4-2-9(3-5-10)11-8-12(17-14-15)6-7-16-11/h2-5,11H,6-8,14H2,1H3. The monoisotopic (exact) mass is 305 g/mol. The molecule has 1 aromatic rings. The van der Waals surface area contributed by atoms with E-state index in [-0.39, 0.29) is 6.56 Å². The number of rotatable bonds is 4. The third kappa shape index (κ3) is 3.90. The van der Waals surface area contributed by atoms with Crippen molar-refractivity contribution in [1.29, 1.82) is 0 Å². The van der Waals surface area contributed by atoms with Gasteiger partial charge in [-0.1, -0.05) is 23.9 Å². The van der Waals surface area contributed by atoms with Crippen LogP contribution in [0.3, 0.4) is 0 Å². The molecule has 1 heterocycles. The number of thioether (sulfide) groups is 1. The van der Waals surface area contributed by atoms with Gasteiger partial charge in [0, 0.05) is 24.1 Å². The molecular weight excluding hydrogens is 289 g/mol.